The molecule has 1 amide bonds. The second kappa shape index (κ2) is 8.64. The van der Waals surface area contributed by atoms with E-state index < -0.39 is 0 Å². The molecule has 34 heavy (non-hydrogen) atoms. The lowest BCUT2D eigenvalue weighted by atomic mass is 10.0. The fourth-order valence-electron chi connectivity index (χ4n) is 5.52. The van der Waals surface area contributed by atoms with Crippen LogP contribution in [0.25, 0.3) is 5.69 Å². The topological polar surface area (TPSA) is 93.5 Å². The highest BCUT2D eigenvalue weighted by molar-refractivity contribution is 5.93. The Morgan fingerprint density at radius 3 is 2.53 bits per heavy atom. The maximum Gasteiger partial charge on any atom is 0.338 e. The first-order chi connectivity index (χ1) is 16.6. The molecule has 2 unspecified atom stereocenters. The zero-order valence-electron chi connectivity index (χ0n) is 18.8. The molecular weight excluding hydrogens is 432 g/mol. The summed E-state index contributed by atoms with van der Waals surface area (Å²) in [6.07, 6.45) is 5.05. The van der Waals surface area contributed by atoms with Gasteiger partial charge < -0.3 is 9.64 Å². The first-order valence-corrected chi connectivity index (χ1v) is 11.8. The number of nitrogens with zero attached hydrogens (tertiary/aromatic N) is 6. The molecule has 0 radical (unpaired) electrons. The molecule has 9 heteroatoms. The molecule has 4 heterocycles. The molecule has 174 valence electrons. The Bertz CT molecular complexity index is 1200. The van der Waals surface area contributed by atoms with Crippen molar-refractivity contribution in [1.29, 1.82) is 0 Å². The highest BCUT2D eigenvalue weighted by Crippen LogP contribution is 2.31. The summed E-state index contributed by atoms with van der Waals surface area (Å²) in [7, 11) is 0. The SMILES string of the molecule is O=C1OCc2cc(CCN3CC4CCC(C3)N4C(=O)Cc3ccc(-n4cnnn4)cc3)ccc21. The van der Waals surface area contributed by atoms with E-state index in [-0.39, 0.29) is 24.0 Å². The van der Waals surface area contributed by atoms with Crippen molar-refractivity contribution in [2.24, 2.45) is 0 Å². The Morgan fingerprint density at radius 1 is 1.03 bits per heavy atom. The molecule has 2 aromatic carbocycles. The largest absolute Gasteiger partial charge is 0.457 e. The Labute approximate surface area is 197 Å². The maximum absolute atomic E-state index is 13.2. The van der Waals surface area contributed by atoms with E-state index >= 15 is 0 Å². The van der Waals surface area contributed by atoms with Gasteiger partial charge in [-0.15, -0.1) is 5.10 Å². The van der Waals surface area contributed by atoms with Gasteiger partial charge in [-0.2, -0.15) is 0 Å². The van der Waals surface area contributed by atoms with Crippen molar-refractivity contribution in [1.82, 2.24) is 30.0 Å². The summed E-state index contributed by atoms with van der Waals surface area (Å²) in [6, 6.07) is 14.4. The van der Waals surface area contributed by atoms with Gasteiger partial charge in [0.2, 0.25) is 5.91 Å². The van der Waals surface area contributed by atoms with Gasteiger partial charge in [-0.25, -0.2) is 9.48 Å². The van der Waals surface area contributed by atoms with E-state index in [0.29, 0.717) is 18.6 Å². The van der Waals surface area contributed by atoms with Crippen molar-refractivity contribution in [3.8, 4) is 5.69 Å². The van der Waals surface area contributed by atoms with Gasteiger partial charge in [0.15, 0.2) is 0 Å². The quantitative estimate of drug-likeness (QED) is 0.520. The summed E-state index contributed by atoms with van der Waals surface area (Å²) >= 11 is 0. The predicted octanol–water partition coefficient (Wildman–Crippen LogP) is 1.79. The normalized spacial score (nSPS) is 21.5. The van der Waals surface area contributed by atoms with Crippen LogP contribution in [0.3, 0.4) is 0 Å². The molecule has 2 fully saturated rings. The third kappa shape index (κ3) is 3.96. The number of aromatic nitrogens is 4. The van der Waals surface area contributed by atoms with Crippen LogP contribution in [0.15, 0.2) is 48.8 Å². The lowest BCUT2D eigenvalue weighted by Gasteiger charge is -2.41. The van der Waals surface area contributed by atoms with E-state index in [1.54, 1.807) is 11.0 Å². The molecule has 1 aromatic heterocycles. The number of hydrogen-bond donors (Lipinski definition) is 0. The van der Waals surface area contributed by atoms with Crippen LogP contribution in [0.2, 0.25) is 0 Å². The number of amides is 1. The number of tetrazole rings is 1. The number of carbonyl (C=O) groups is 2. The molecule has 0 saturated carbocycles. The Hall–Kier alpha value is -3.59. The van der Waals surface area contributed by atoms with Crippen molar-refractivity contribution < 1.29 is 14.3 Å². The molecular formula is C25H26N6O3. The van der Waals surface area contributed by atoms with E-state index in [1.165, 1.54) is 5.56 Å². The fraction of sp³-hybridized carbons (Fsp3) is 0.400. The van der Waals surface area contributed by atoms with Crippen LogP contribution in [0.1, 0.15) is 39.9 Å². The van der Waals surface area contributed by atoms with E-state index in [0.717, 1.165) is 55.7 Å². The van der Waals surface area contributed by atoms with Gasteiger partial charge in [0.1, 0.15) is 12.9 Å². The Kier molecular flexibility index (Phi) is 5.33. The van der Waals surface area contributed by atoms with Gasteiger partial charge in [-0.1, -0.05) is 24.3 Å². The number of likely N-dealkylation sites (tertiary alicyclic amines) is 1. The summed E-state index contributed by atoms with van der Waals surface area (Å²) in [5.74, 6) is -0.00650. The number of esters is 1. The second-order valence-corrected chi connectivity index (χ2v) is 9.36. The highest BCUT2D eigenvalue weighted by atomic mass is 16.5. The number of rotatable bonds is 6. The molecule has 3 aliphatic heterocycles. The summed E-state index contributed by atoms with van der Waals surface area (Å²) in [5, 5.41) is 11.2. The van der Waals surface area contributed by atoms with Crippen molar-refractivity contribution in [2.75, 3.05) is 19.6 Å². The van der Waals surface area contributed by atoms with Crippen LogP contribution < -0.4 is 0 Å². The first kappa shape index (κ1) is 21.0. The zero-order chi connectivity index (χ0) is 23.1. The average Bonchev–Trinajstić information content (AvgIpc) is 3.57. The van der Waals surface area contributed by atoms with Gasteiger partial charge in [0.25, 0.3) is 0 Å². The van der Waals surface area contributed by atoms with Crippen molar-refractivity contribution >= 4 is 11.9 Å². The maximum atomic E-state index is 13.2. The number of cyclic esters (lactones) is 1. The lowest BCUT2D eigenvalue weighted by molar-refractivity contribution is -0.136. The van der Waals surface area contributed by atoms with Crippen LogP contribution >= 0.6 is 0 Å². The average molecular weight is 459 g/mol. The fourth-order valence-corrected chi connectivity index (χ4v) is 5.52. The Balaban J connectivity index is 1.05. The smallest absolute Gasteiger partial charge is 0.338 e. The second-order valence-electron chi connectivity index (χ2n) is 9.36. The molecule has 0 spiro atoms. The number of carbonyl (C=O) groups excluding carboxylic acids is 2. The van der Waals surface area contributed by atoms with Crippen molar-refractivity contribution in [3.63, 3.8) is 0 Å². The molecule has 2 bridgehead atoms. The van der Waals surface area contributed by atoms with Crippen molar-refractivity contribution in [2.45, 2.75) is 44.4 Å². The van der Waals surface area contributed by atoms with E-state index in [9.17, 15) is 9.59 Å². The summed E-state index contributed by atoms with van der Waals surface area (Å²) in [6.45, 7) is 3.19. The molecule has 3 aromatic rings. The Morgan fingerprint density at radius 2 is 1.79 bits per heavy atom. The van der Waals surface area contributed by atoms with Gasteiger partial charge in [0.05, 0.1) is 17.7 Å². The molecule has 0 aliphatic carbocycles. The summed E-state index contributed by atoms with van der Waals surface area (Å²) in [4.78, 5) is 29.5. The zero-order valence-corrected chi connectivity index (χ0v) is 18.8. The van der Waals surface area contributed by atoms with Gasteiger partial charge in [-0.3, -0.25) is 9.69 Å². The molecule has 2 atom stereocenters. The van der Waals surface area contributed by atoms with Gasteiger partial charge in [0, 0.05) is 37.3 Å². The van der Waals surface area contributed by atoms with Gasteiger partial charge in [-0.05, 0) is 59.0 Å². The van der Waals surface area contributed by atoms with Gasteiger partial charge >= 0.3 is 5.97 Å². The minimum Gasteiger partial charge on any atom is -0.457 e. The van der Waals surface area contributed by atoms with Crippen LogP contribution in [0, 0.1) is 0 Å². The number of benzene rings is 2. The van der Waals surface area contributed by atoms with Crippen molar-refractivity contribution in [3.05, 3.63) is 71.0 Å². The monoisotopic (exact) mass is 458 g/mol. The number of fused-ring (bicyclic) bond motifs is 3. The van der Waals surface area contributed by atoms with Crippen LogP contribution in [0.5, 0.6) is 0 Å². The van der Waals surface area contributed by atoms with E-state index in [2.05, 4.69) is 31.4 Å². The molecule has 6 rings (SSSR count). The first-order valence-electron chi connectivity index (χ1n) is 11.8. The van der Waals surface area contributed by atoms with E-state index in [1.807, 2.05) is 36.4 Å². The standard InChI is InChI=1S/C25H26N6O3/c32-24(12-17-1-4-20(5-2-17)30-16-26-27-28-30)31-21-6-7-22(31)14-29(13-21)10-9-18-3-8-23-19(11-18)15-34-25(23)33/h1-5,8,11,16,21-22H,6-7,9-10,12-15H2. The van der Waals surface area contributed by atoms with Crippen LogP contribution in [-0.4, -0.2) is 73.6 Å². The van der Waals surface area contributed by atoms with E-state index in [4.69, 9.17) is 4.74 Å². The predicted molar refractivity (Wildman–Crippen MR) is 122 cm³/mol. The molecule has 9 nitrogen and oxygen atoms in total. The summed E-state index contributed by atoms with van der Waals surface area (Å²) in [5.41, 5.74) is 4.79. The van der Waals surface area contributed by atoms with Crippen LogP contribution in [-0.2, 0) is 29.0 Å². The number of piperazine rings is 1. The minimum absolute atomic E-state index is 0.214. The highest BCUT2D eigenvalue weighted by Gasteiger charge is 2.42. The summed E-state index contributed by atoms with van der Waals surface area (Å²) < 4.78 is 6.71. The molecule has 2 saturated heterocycles. The number of hydrogen-bond acceptors (Lipinski definition) is 7. The molecule has 0 N–H and O–H groups in total. The third-order valence-corrected chi connectivity index (χ3v) is 7.22. The minimum atomic E-state index is -0.220. The number of ether oxygens (including phenoxy) is 1. The molecule has 3 aliphatic rings. The lowest BCUT2D eigenvalue weighted by Crippen LogP contribution is -2.56. The third-order valence-electron chi connectivity index (χ3n) is 7.22. The van der Waals surface area contributed by atoms with Crippen LogP contribution in [0.4, 0.5) is 0 Å².